The van der Waals surface area contributed by atoms with Crippen LogP contribution in [0.15, 0.2) is 23.6 Å². The second-order valence-corrected chi connectivity index (χ2v) is 5.78. The first-order chi connectivity index (χ1) is 8.33. The maximum atomic E-state index is 6.01. The number of thiophene rings is 1. The van der Waals surface area contributed by atoms with Crippen molar-refractivity contribution >= 4 is 33.0 Å². The van der Waals surface area contributed by atoms with Gasteiger partial charge in [-0.25, -0.2) is 0 Å². The molecule has 0 amide bonds. The van der Waals surface area contributed by atoms with Crippen LogP contribution in [-0.4, -0.2) is 31.1 Å². The van der Waals surface area contributed by atoms with Crippen LogP contribution in [0.4, 0.5) is 0 Å². The predicted molar refractivity (Wildman–Crippen MR) is 75.0 cm³/mol. The number of nitrogens with one attached hydrogen (secondary N) is 1. The molecule has 2 heterocycles. The van der Waals surface area contributed by atoms with Gasteiger partial charge in [0.25, 0.3) is 0 Å². The summed E-state index contributed by atoms with van der Waals surface area (Å²) in [5.74, 6) is 0. The van der Waals surface area contributed by atoms with E-state index in [2.05, 4.69) is 27.7 Å². The molecule has 1 aromatic carbocycles. The molecule has 90 valence electrons. The Morgan fingerprint density at radius 3 is 2.94 bits per heavy atom. The third kappa shape index (κ3) is 2.47. The van der Waals surface area contributed by atoms with Crippen molar-refractivity contribution in [2.75, 3.05) is 26.2 Å². The highest BCUT2D eigenvalue weighted by Gasteiger charge is 2.12. The van der Waals surface area contributed by atoms with E-state index < -0.39 is 0 Å². The van der Waals surface area contributed by atoms with Gasteiger partial charge in [-0.15, -0.1) is 11.3 Å². The molecule has 1 aliphatic heterocycles. The maximum absolute atomic E-state index is 6.01. The molecule has 4 heteroatoms. The van der Waals surface area contributed by atoms with E-state index >= 15 is 0 Å². The van der Waals surface area contributed by atoms with Crippen molar-refractivity contribution in [2.24, 2.45) is 0 Å². The van der Waals surface area contributed by atoms with Crippen molar-refractivity contribution < 1.29 is 0 Å². The molecule has 1 N–H and O–H groups in total. The van der Waals surface area contributed by atoms with Crippen molar-refractivity contribution in [3.05, 3.63) is 34.2 Å². The van der Waals surface area contributed by atoms with Gasteiger partial charge in [-0.1, -0.05) is 17.7 Å². The van der Waals surface area contributed by atoms with Crippen LogP contribution in [0.5, 0.6) is 0 Å². The van der Waals surface area contributed by atoms with Gasteiger partial charge >= 0.3 is 0 Å². The minimum absolute atomic E-state index is 0.827. The number of hydrogen-bond acceptors (Lipinski definition) is 3. The van der Waals surface area contributed by atoms with Crippen molar-refractivity contribution in [2.45, 2.75) is 6.54 Å². The third-order valence-corrected chi connectivity index (χ3v) is 4.45. The van der Waals surface area contributed by atoms with E-state index in [0.717, 1.165) is 37.7 Å². The second kappa shape index (κ2) is 4.94. The molecule has 17 heavy (non-hydrogen) atoms. The summed E-state index contributed by atoms with van der Waals surface area (Å²) in [5.41, 5.74) is 1.43. The first-order valence-corrected chi connectivity index (χ1v) is 7.17. The summed E-state index contributed by atoms with van der Waals surface area (Å²) in [6, 6.07) is 6.19. The van der Waals surface area contributed by atoms with E-state index in [1.807, 2.05) is 6.07 Å². The van der Waals surface area contributed by atoms with Crippen LogP contribution in [0.2, 0.25) is 5.02 Å². The Kier molecular flexibility index (Phi) is 3.34. The predicted octanol–water partition coefficient (Wildman–Crippen LogP) is 2.96. The lowest BCUT2D eigenvalue weighted by Gasteiger charge is -2.26. The number of fused-ring (bicyclic) bond motifs is 1. The fourth-order valence-electron chi connectivity index (χ4n) is 2.29. The van der Waals surface area contributed by atoms with Gasteiger partial charge < -0.3 is 5.32 Å². The van der Waals surface area contributed by atoms with Crippen LogP contribution in [-0.2, 0) is 6.54 Å². The highest BCUT2D eigenvalue weighted by molar-refractivity contribution is 7.17. The molecule has 2 nitrogen and oxygen atoms in total. The number of halogens is 1. The van der Waals surface area contributed by atoms with Crippen LogP contribution in [0, 0.1) is 0 Å². The van der Waals surface area contributed by atoms with Crippen LogP contribution in [0.1, 0.15) is 5.56 Å². The Bertz CT molecular complexity index is 517. The smallest absolute Gasteiger partial charge is 0.0420 e. The third-order valence-electron chi connectivity index (χ3n) is 3.22. The van der Waals surface area contributed by atoms with E-state index in [9.17, 15) is 0 Å². The average molecular weight is 267 g/mol. The molecule has 0 saturated carbocycles. The quantitative estimate of drug-likeness (QED) is 0.899. The zero-order valence-electron chi connectivity index (χ0n) is 9.58. The molecule has 1 saturated heterocycles. The summed E-state index contributed by atoms with van der Waals surface area (Å²) in [6.07, 6.45) is 0. The number of benzene rings is 1. The molecule has 0 spiro atoms. The Balaban J connectivity index is 1.84. The maximum Gasteiger partial charge on any atom is 0.0420 e. The lowest BCUT2D eigenvalue weighted by molar-refractivity contribution is 0.234. The van der Waals surface area contributed by atoms with E-state index in [1.54, 1.807) is 11.3 Å². The molecule has 0 atom stereocenters. The SMILES string of the molecule is Clc1ccc2c(CN3CCNCC3)csc2c1. The number of piperazine rings is 1. The molecule has 3 rings (SSSR count). The molecule has 1 aliphatic rings. The summed E-state index contributed by atoms with van der Waals surface area (Å²) >= 11 is 7.80. The molecule has 0 aliphatic carbocycles. The number of nitrogens with zero attached hydrogens (tertiary/aromatic N) is 1. The van der Waals surface area contributed by atoms with Gasteiger partial charge in [0.2, 0.25) is 0 Å². The fraction of sp³-hybridized carbons (Fsp3) is 0.385. The molecular weight excluding hydrogens is 252 g/mol. The Labute approximate surface area is 110 Å². The van der Waals surface area contributed by atoms with E-state index in [1.165, 1.54) is 15.6 Å². The standard InChI is InChI=1S/C13H15ClN2S/c14-11-1-2-12-10(9-17-13(12)7-11)8-16-5-3-15-4-6-16/h1-2,7,9,15H,3-6,8H2. The van der Waals surface area contributed by atoms with Crippen molar-refractivity contribution in [3.8, 4) is 0 Å². The molecule has 1 fully saturated rings. The topological polar surface area (TPSA) is 15.3 Å². The summed E-state index contributed by atoms with van der Waals surface area (Å²) in [4.78, 5) is 2.51. The van der Waals surface area contributed by atoms with Crippen molar-refractivity contribution in [1.29, 1.82) is 0 Å². The zero-order valence-corrected chi connectivity index (χ0v) is 11.2. The minimum Gasteiger partial charge on any atom is -0.314 e. The van der Waals surface area contributed by atoms with Gasteiger partial charge in [0.1, 0.15) is 0 Å². The van der Waals surface area contributed by atoms with Gasteiger partial charge in [0, 0.05) is 42.4 Å². The van der Waals surface area contributed by atoms with Gasteiger partial charge in [0.05, 0.1) is 0 Å². The second-order valence-electron chi connectivity index (χ2n) is 4.43. The van der Waals surface area contributed by atoms with Crippen LogP contribution in [0.3, 0.4) is 0 Å². The summed E-state index contributed by atoms with van der Waals surface area (Å²) in [6.45, 7) is 5.56. The van der Waals surface area contributed by atoms with E-state index in [0.29, 0.717) is 0 Å². The minimum atomic E-state index is 0.827. The average Bonchev–Trinajstić information content (AvgIpc) is 2.73. The highest BCUT2D eigenvalue weighted by atomic mass is 35.5. The fourth-order valence-corrected chi connectivity index (χ4v) is 3.52. The number of hydrogen-bond donors (Lipinski definition) is 1. The summed E-state index contributed by atoms with van der Waals surface area (Å²) in [7, 11) is 0. The van der Waals surface area contributed by atoms with Crippen LogP contribution < -0.4 is 5.32 Å². The van der Waals surface area contributed by atoms with Crippen molar-refractivity contribution in [1.82, 2.24) is 10.2 Å². The molecule has 0 unspecified atom stereocenters. The Morgan fingerprint density at radius 2 is 2.12 bits per heavy atom. The van der Waals surface area contributed by atoms with Gasteiger partial charge in [0.15, 0.2) is 0 Å². The first-order valence-electron chi connectivity index (χ1n) is 5.91. The number of rotatable bonds is 2. The van der Waals surface area contributed by atoms with Gasteiger partial charge in [-0.3, -0.25) is 4.90 Å². The van der Waals surface area contributed by atoms with Crippen LogP contribution in [0.25, 0.3) is 10.1 Å². The normalized spacial score (nSPS) is 17.7. The molecular formula is C13H15ClN2S. The molecule has 0 radical (unpaired) electrons. The van der Waals surface area contributed by atoms with E-state index in [4.69, 9.17) is 11.6 Å². The lowest BCUT2D eigenvalue weighted by atomic mass is 10.1. The van der Waals surface area contributed by atoms with Crippen LogP contribution >= 0.6 is 22.9 Å². The highest BCUT2D eigenvalue weighted by Crippen LogP contribution is 2.29. The Morgan fingerprint density at radius 1 is 1.29 bits per heavy atom. The van der Waals surface area contributed by atoms with Gasteiger partial charge in [-0.2, -0.15) is 0 Å². The molecule has 2 aromatic rings. The van der Waals surface area contributed by atoms with Crippen molar-refractivity contribution in [3.63, 3.8) is 0 Å². The summed E-state index contributed by atoms with van der Waals surface area (Å²) in [5, 5.41) is 7.84. The first kappa shape index (κ1) is 11.5. The molecule has 1 aromatic heterocycles. The lowest BCUT2D eigenvalue weighted by Crippen LogP contribution is -2.42. The van der Waals surface area contributed by atoms with E-state index in [-0.39, 0.29) is 0 Å². The molecule has 0 bridgehead atoms. The zero-order chi connectivity index (χ0) is 11.7. The summed E-state index contributed by atoms with van der Waals surface area (Å²) < 4.78 is 1.29. The Hall–Kier alpha value is -0.610. The van der Waals surface area contributed by atoms with Gasteiger partial charge in [-0.05, 0) is 28.5 Å². The monoisotopic (exact) mass is 266 g/mol. The largest absolute Gasteiger partial charge is 0.314 e.